The van der Waals surface area contributed by atoms with Gasteiger partial charge in [-0.05, 0) is 56.0 Å². The van der Waals surface area contributed by atoms with Crippen LogP contribution in [0.2, 0.25) is 0 Å². The van der Waals surface area contributed by atoms with Crippen LogP contribution in [0.15, 0.2) is 48.5 Å². The van der Waals surface area contributed by atoms with Crippen LogP contribution in [0.1, 0.15) is 57.1 Å². The lowest BCUT2D eigenvalue weighted by Crippen LogP contribution is -2.49. The van der Waals surface area contributed by atoms with Gasteiger partial charge in [-0.15, -0.1) is 0 Å². The Morgan fingerprint density at radius 2 is 1.76 bits per heavy atom. The lowest BCUT2D eigenvalue weighted by atomic mass is 10.1. The van der Waals surface area contributed by atoms with Crippen molar-refractivity contribution in [2.75, 3.05) is 30.8 Å². The van der Waals surface area contributed by atoms with E-state index in [9.17, 15) is 18.0 Å². The number of carbonyl (C=O) groups is 2. The Hall–Kier alpha value is -3.07. The number of methoxy groups -OCH3 is 1. The van der Waals surface area contributed by atoms with E-state index in [-0.39, 0.29) is 31.3 Å². The number of ether oxygens (including phenoxy) is 1. The fourth-order valence-electron chi connectivity index (χ4n) is 4.11. The summed E-state index contributed by atoms with van der Waals surface area (Å²) >= 11 is 0. The smallest absolute Gasteiger partial charge is 0.242 e. The molecule has 2 amide bonds. The Labute approximate surface area is 222 Å². The van der Waals surface area contributed by atoms with Crippen molar-refractivity contribution in [2.45, 2.75) is 65.5 Å². The van der Waals surface area contributed by atoms with E-state index in [1.54, 1.807) is 24.1 Å². The molecule has 0 saturated carbocycles. The van der Waals surface area contributed by atoms with Gasteiger partial charge in [-0.25, -0.2) is 8.42 Å². The summed E-state index contributed by atoms with van der Waals surface area (Å²) in [6.07, 6.45) is 3.89. The average molecular weight is 532 g/mol. The number of amides is 2. The molecule has 0 aliphatic carbocycles. The van der Waals surface area contributed by atoms with Gasteiger partial charge in [-0.2, -0.15) is 0 Å². The Bertz CT molecular complexity index is 1120. The zero-order valence-electron chi connectivity index (χ0n) is 22.7. The minimum absolute atomic E-state index is 0.112. The van der Waals surface area contributed by atoms with Gasteiger partial charge in [-0.1, -0.05) is 50.1 Å². The van der Waals surface area contributed by atoms with E-state index in [0.717, 1.165) is 30.2 Å². The lowest BCUT2D eigenvalue weighted by molar-refractivity contribution is -0.141. The van der Waals surface area contributed by atoms with Crippen LogP contribution in [0.4, 0.5) is 5.69 Å². The van der Waals surface area contributed by atoms with Crippen molar-refractivity contribution in [1.29, 1.82) is 0 Å². The molecule has 2 aromatic carbocycles. The zero-order valence-corrected chi connectivity index (χ0v) is 23.5. The third-order valence-electron chi connectivity index (χ3n) is 6.18. The fraction of sp³-hybridized carbons (Fsp3) is 0.500. The third-order valence-corrected chi connectivity index (χ3v) is 7.37. The van der Waals surface area contributed by atoms with Crippen LogP contribution in [-0.4, -0.2) is 57.6 Å². The predicted octanol–water partition coefficient (Wildman–Crippen LogP) is 4.27. The molecule has 0 aromatic heterocycles. The quantitative estimate of drug-likeness (QED) is 0.346. The molecule has 0 heterocycles. The van der Waals surface area contributed by atoms with Crippen LogP contribution in [-0.2, 0) is 26.2 Å². The molecule has 2 aromatic rings. The van der Waals surface area contributed by atoms with E-state index in [0.29, 0.717) is 30.8 Å². The maximum absolute atomic E-state index is 13.5. The van der Waals surface area contributed by atoms with Crippen molar-refractivity contribution in [3.63, 3.8) is 0 Å². The molecule has 0 bridgehead atoms. The third kappa shape index (κ3) is 9.39. The molecule has 0 fully saturated rings. The largest absolute Gasteiger partial charge is 0.497 e. The first-order chi connectivity index (χ1) is 17.6. The van der Waals surface area contributed by atoms with Crippen LogP contribution >= 0.6 is 0 Å². The van der Waals surface area contributed by atoms with Crippen LogP contribution in [0, 0.1) is 6.92 Å². The number of sulfonamides is 1. The highest BCUT2D eigenvalue weighted by Crippen LogP contribution is 2.21. The molecule has 1 atom stereocenters. The summed E-state index contributed by atoms with van der Waals surface area (Å²) in [6.45, 7) is 6.86. The number of nitrogens with one attached hydrogen (secondary N) is 1. The van der Waals surface area contributed by atoms with Gasteiger partial charge in [0.05, 0.1) is 19.1 Å². The van der Waals surface area contributed by atoms with Crippen molar-refractivity contribution in [3.05, 3.63) is 59.7 Å². The molecular weight excluding hydrogens is 490 g/mol. The van der Waals surface area contributed by atoms with E-state index in [1.807, 2.05) is 50.2 Å². The van der Waals surface area contributed by atoms with E-state index >= 15 is 0 Å². The molecule has 0 radical (unpaired) electrons. The van der Waals surface area contributed by atoms with Gasteiger partial charge in [0.15, 0.2) is 0 Å². The van der Waals surface area contributed by atoms with E-state index in [1.165, 1.54) is 4.31 Å². The molecule has 204 valence electrons. The summed E-state index contributed by atoms with van der Waals surface area (Å²) in [5, 5.41) is 2.95. The number of carbonyl (C=O) groups excluding carboxylic acids is 2. The van der Waals surface area contributed by atoms with Gasteiger partial charge in [0.1, 0.15) is 11.8 Å². The van der Waals surface area contributed by atoms with Crippen molar-refractivity contribution < 1.29 is 22.7 Å². The molecule has 0 aliphatic rings. The highest BCUT2D eigenvalue weighted by molar-refractivity contribution is 7.92. The highest BCUT2D eigenvalue weighted by atomic mass is 32.2. The van der Waals surface area contributed by atoms with Crippen LogP contribution in [0.3, 0.4) is 0 Å². The second kappa shape index (κ2) is 14.6. The van der Waals surface area contributed by atoms with Gasteiger partial charge in [-0.3, -0.25) is 13.9 Å². The first kappa shape index (κ1) is 30.2. The Kier molecular flexibility index (Phi) is 11.9. The van der Waals surface area contributed by atoms with Crippen molar-refractivity contribution >= 4 is 27.5 Å². The first-order valence-electron chi connectivity index (χ1n) is 12.8. The van der Waals surface area contributed by atoms with E-state index < -0.39 is 16.1 Å². The van der Waals surface area contributed by atoms with Gasteiger partial charge < -0.3 is 15.0 Å². The second-order valence-electron chi connectivity index (χ2n) is 9.22. The summed E-state index contributed by atoms with van der Waals surface area (Å²) in [5.41, 5.74) is 2.45. The SMILES string of the molecule is CCCCNC(=O)C(CC)N(Cc1cccc(OC)c1)C(=O)CCCN(c1ccc(C)cc1)S(C)(=O)=O. The van der Waals surface area contributed by atoms with Gasteiger partial charge in [0.25, 0.3) is 0 Å². The predicted molar refractivity (Wildman–Crippen MR) is 148 cm³/mol. The first-order valence-corrected chi connectivity index (χ1v) is 14.7. The van der Waals surface area contributed by atoms with Crippen LogP contribution < -0.4 is 14.4 Å². The van der Waals surface area contributed by atoms with Gasteiger partial charge in [0.2, 0.25) is 21.8 Å². The monoisotopic (exact) mass is 531 g/mol. The number of hydrogen-bond acceptors (Lipinski definition) is 5. The fourth-order valence-corrected chi connectivity index (χ4v) is 5.07. The second-order valence-corrected chi connectivity index (χ2v) is 11.1. The molecule has 1 N–H and O–H groups in total. The van der Waals surface area contributed by atoms with Gasteiger partial charge in [0, 0.05) is 26.1 Å². The minimum Gasteiger partial charge on any atom is -0.497 e. The van der Waals surface area contributed by atoms with Gasteiger partial charge >= 0.3 is 0 Å². The van der Waals surface area contributed by atoms with Crippen LogP contribution in [0.5, 0.6) is 5.75 Å². The van der Waals surface area contributed by atoms with Crippen molar-refractivity contribution in [3.8, 4) is 5.75 Å². The van der Waals surface area contributed by atoms with E-state index in [4.69, 9.17) is 4.74 Å². The van der Waals surface area contributed by atoms with E-state index in [2.05, 4.69) is 12.2 Å². The number of hydrogen-bond donors (Lipinski definition) is 1. The summed E-state index contributed by atoms with van der Waals surface area (Å²) in [7, 11) is -1.94. The summed E-state index contributed by atoms with van der Waals surface area (Å²) in [5.74, 6) is 0.300. The van der Waals surface area contributed by atoms with Crippen molar-refractivity contribution in [2.24, 2.45) is 0 Å². The number of unbranched alkanes of at least 4 members (excludes halogenated alkanes) is 1. The summed E-state index contributed by atoms with van der Waals surface area (Å²) in [6, 6.07) is 14.0. The Balaban J connectivity index is 2.21. The molecule has 0 aliphatic heterocycles. The number of aryl methyl sites for hydroxylation is 1. The number of rotatable bonds is 15. The number of nitrogens with zero attached hydrogens (tertiary/aromatic N) is 2. The highest BCUT2D eigenvalue weighted by Gasteiger charge is 2.28. The number of benzene rings is 2. The minimum atomic E-state index is -3.52. The zero-order chi connectivity index (χ0) is 27.4. The van der Waals surface area contributed by atoms with Crippen molar-refractivity contribution in [1.82, 2.24) is 10.2 Å². The topological polar surface area (TPSA) is 96.0 Å². The molecule has 2 rings (SSSR count). The van der Waals surface area contributed by atoms with Crippen LogP contribution in [0.25, 0.3) is 0 Å². The Morgan fingerprint density at radius 1 is 1.05 bits per heavy atom. The molecule has 8 nitrogen and oxygen atoms in total. The molecular formula is C28H41N3O5S. The normalized spacial score (nSPS) is 12.0. The standard InChI is InChI=1S/C28H41N3O5S/c1-6-8-18-29-28(33)26(7-2)30(21-23-11-9-12-25(20-23)36-4)27(32)13-10-19-31(37(5,34)35)24-16-14-22(3)15-17-24/h9,11-12,14-17,20,26H,6-8,10,13,18-19,21H2,1-5H3,(H,29,33). The molecule has 1 unspecified atom stereocenters. The Morgan fingerprint density at radius 3 is 2.35 bits per heavy atom. The lowest BCUT2D eigenvalue weighted by Gasteiger charge is -2.31. The maximum atomic E-state index is 13.5. The summed E-state index contributed by atoms with van der Waals surface area (Å²) < 4.78 is 31.6. The summed E-state index contributed by atoms with van der Waals surface area (Å²) in [4.78, 5) is 28.1. The molecule has 0 spiro atoms. The maximum Gasteiger partial charge on any atom is 0.242 e. The average Bonchev–Trinajstić information content (AvgIpc) is 2.86. The number of anilines is 1. The molecule has 0 saturated heterocycles. The molecule has 9 heteroatoms. The molecule has 37 heavy (non-hydrogen) atoms.